The fourth-order valence-corrected chi connectivity index (χ4v) is 2.50. The molecule has 1 rings (SSSR count). The van der Waals surface area contributed by atoms with E-state index in [1.165, 1.54) is 0 Å². The normalized spacial score (nSPS) is 34.9. The zero-order valence-electron chi connectivity index (χ0n) is 9.72. The Kier molecular flexibility index (Phi) is 2.67. The van der Waals surface area contributed by atoms with Crippen LogP contribution in [-0.4, -0.2) is 10.7 Å². The van der Waals surface area contributed by atoms with Gasteiger partial charge in [-0.05, 0) is 38.0 Å². The summed E-state index contributed by atoms with van der Waals surface area (Å²) in [4.78, 5) is 0. The first-order valence-electron chi connectivity index (χ1n) is 5.42. The molecule has 0 aromatic rings. The highest BCUT2D eigenvalue weighted by Crippen LogP contribution is 2.52. The van der Waals surface area contributed by atoms with Crippen LogP contribution in [0.15, 0.2) is 0 Å². The van der Waals surface area contributed by atoms with Crippen LogP contribution in [0.5, 0.6) is 0 Å². The van der Waals surface area contributed by atoms with E-state index in [9.17, 15) is 10.4 Å². The van der Waals surface area contributed by atoms with Crippen molar-refractivity contribution in [2.24, 2.45) is 10.8 Å². The molecule has 1 aliphatic rings. The second-order valence-electron chi connectivity index (χ2n) is 5.67. The number of nitriles is 1. The van der Waals surface area contributed by atoms with Gasteiger partial charge < -0.3 is 5.11 Å². The van der Waals surface area contributed by atoms with Crippen molar-refractivity contribution in [2.75, 3.05) is 0 Å². The maximum atomic E-state index is 10.5. The summed E-state index contributed by atoms with van der Waals surface area (Å²) in [5.74, 6) is 0. The molecule has 1 N–H and O–H groups in total. The van der Waals surface area contributed by atoms with Crippen molar-refractivity contribution in [3.8, 4) is 6.07 Å². The minimum atomic E-state index is -0.778. The molecule has 0 bridgehead atoms. The van der Waals surface area contributed by atoms with E-state index in [0.29, 0.717) is 0 Å². The molecular weight excluding hydrogens is 174 g/mol. The SMILES string of the molecule is CCC(C)(C#N)C1(O)CCC(C)(C)C1. The van der Waals surface area contributed by atoms with Crippen molar-refractivity contribution >= 4 is 0 Å². The first kappa shape index (κ1) is 11.5. The highest BCUT2D eigenvalue weighted by Gasteiger charge is 2.52. The summed E-state index contributed by atoms with van der Waals surface area (Å²) in [6, 6.07) is 2.30. The maximum Gasteiger partial charge on any atom is 0.0835 e. The van der Waals surface area contributed by atoms with Crippen LogP contribution >= 0.6 is 0 Å². The fourth-order valence-electron chi connectivity index (χ4n) is 2.50. The minimum absolute atomic E-state index is 0.183. The van der Waals surface area contributed by atoms with Crippen molar-refractivity contribution in [2.45, 2.75) is 59.0 Å². The summed E-state index contributed by atoms with van der Waals surface area (Å²) in [5, 5.41) is 19.7. The molecule has 2 atom stereocenters. The lowest BCUT2D eigenvalue weighted by molar-refractivity contribution is -0.0499. The number of hydrogen-bond donors (Lipinski definition) is 1. The van der Waals surface area contributed by atoms with E-state index in [-0.39, 0.29) is 5.41 Å². The summed E-state index contributed by atoms with van der Waals surface area (Å²) in [6.07, 6.45) is 3.24. The van der Waals surface area contributed by atoms with Crippen LogP contribution < -0.4 is 0 Å². The minimum Gasteiger partial charge on any atom is -0.388 e. The summed E-state index contributed by atoms with van der Waals surface area (Å²) < 4.78 is 0. The average Bonchev–Trinajstić information content (AvgIpc) is 2.40. The number of aliphatic hydroxyl groups is 1. The maximum absolute atomic E-state index is 10.5. The third-order valence-electron chi connectivity index (χ3n) is 3.97. The van der Waals surface area contributed by atoms with Gasteiger partial charge in [-0.15, -0.1) is 0 Å². The van der Waals surface area contributed by atoms with E-state index in [0.717, 1.165) is 25.7 Å². The predicted molar refractivity (Wildman–Crippen MR) is 56.6 cm³/mol. The molecule has 80 valence electrons. The first-order valence-corrected chi connectivity index (χ1v) is 5.42. The lowest BCUT2D eigenvalue weighted by Crippen LogP contribution is -2.43. The van der Waals surface area contributed by atoms with Gasteiger partial charge in [0.15, 0.2) is 0 Å². The predicted octanol–water partition coefficient (Wildman–Crippen LogP) is 2.87. The molecule has 0 saturated heterocycles. The van der Waals surface area contributed by atoms with Crippen molar-refractivity contribution in [3.63, 3.8) is 0 Å². The van der Waals surface area contributed by atoms with Crippen LogP contribution in [-0.2, 0) is 0 Å². The van der Waals surface area contributed by atoms with E-state index in [4.69, 9.17) is 0 Å². The Morgan fingerprint density at radius 2 is 2.00 bits per heavy atom. The van der Waals surface area contributed by atoms with Gasteiger partial charge in [-0.2, -0.15) is 5.26 Å². The molecule has 2 unspecified atom stereocenters. The van der Waals surface area contributed by atoms with Gasteiger partial charge >= 0.3 is 0 Å². The third kappa shape index (κ3) is 1.66. The molecule has 1 saturated carbocycles. The molecule has 0 aromatic heterocycles. The van der Waals surface area contributed by atoms with Gasteiger partial charge in [0.2, 0.25) is 0 Å². The molecule has 0 aliphatic heterocycles. The molecular formula is C12H21NO. The van der Waals surface area contributed by atoms with Gasteiger partial charge in [-0.3, -0.25) is 0 Å². The van der Waals surface area contributed by atoms with Crippen molar-refractivity contribution in [1.29, 1.82) is 5.26 Å². The molecule has 14 heavy (non-hydrogen) atoms. The zero-order valence-corrected chi connectivity index (χ0v) is 9.72. The Balaban J connectivity index is 2.93. The van der Waals surface area contributed by atoms with E-state index in [1.807, 2.05) is 13.8 Å². The van der Waals surface area contributed by atoms with Crippen LogP contribution in [0.2, 0.25) is 0 Å². The van der Waals surface area contributed by atoms with E-state index in [2.05, 4.69) is 19.9 Å². The van der Waals surface area contributed by atoms with Crippen LogP contribution in [0.4, 0.5) is 0 Å². The van der Waals surface area contributed by atoms with Crippen LogP contribution in [0.1, 0.15) is 53.4 Å². The van der Waals surface area contributed by atoms with Gasteiger partial charge in [0.1, 0.15) is 0 Å². The standard InChI is InChI=1S/C12H21NO/c1-5-11(4,9-13)12(14)7-6-10(2,3)8-12/h14H,5-8H2,1-4H3. The van der Waals surface area contributed by atoms with E-state index in [1.54, 1.807) is 0 Å². The van der Waals surface area contributed by atoms with Gasteiger partial charge in [0, 0.05) is 0 Å². The molecule has 2 nitrogen and oxygen atoms in total. The van der Waals surface area contributed by atoms with Crippen molar-refractivity contribution < 1.29 is 5.11 Å². The topological polar surface area (TPSA) is 44.0 Å². The monoisotopic (exact) mass is 195 g/mol. The molecule has 0 spiro atoms. The summed E-state index contributed by atoms with van der Waals surface area (Å²) in [6.45, 7) is 8.19. The highest BCUT2D eigenvalue weighted by molar-refractivity contribution is 5.12. The molecule has 0 amide bonds. The first-order chi connectivity index (χ1) is 6.29. The Morgan fingerprint density at radius 3 is 2.29 bits per heavy atom. The third-order valence-corrected chi connectivity index (χ3v) is 3.97. The molecule has 0 heterocycles. The number of rotatable bonds is 2. The molecule has 2 heteroatoms. The smallest absolute Gasteiger partial charge is 0.0835 e. The summed E-state index contributed by atoms with van der Waals surface area (Å²) >= 11 is 0. The van der Waals surface area contributed by atoms with E-state index >= 15 is 0 Å². The molecule has 0 aromatic carbocycles. The Bertz CT molecular complexity index is 266. The Morgan fingerprint density at radius 1 is 1.43 bits per heavy atom. The molecule has 0 radical (unpaired) electrons. The summed E-state index contributed by atoms with van der Waals surface area (Å²) in [5.41, 5.74) is -1.18. The fraction of sp³-hybridized carbons (Fsp3) is 0.917. The van der Waals surface area contributed by atoms with Crippen molar-refractivity contribution in [3.05, 3.63) is 0 Å². The highest BCUT2D eigenvalue weighted by atomic mass is 16.3. The quantitative estimate of drug-likeness (QED) is 0.736. The summed E-state index contributed by atoms with van der Waals surface area (Å²) in [7, 11) is 0. The van der Waals surface area contributed by atoms with Crippen LogP contribution in [0.25, 0.3) is 0 Å². The Labute approximate surface area is 86.9 Å². The number of hydrogen-bond acceptors (Lipinski definition) is 2. The lowest BCUT2D eigenvalue weighted by atomic mass is 9.70. The Hall–Kier alpha value is -0.550. The van der Waals surface area contributed by atoms with Gasteiger partial charge in [0.25, 0.3) is 0 Å². The average molecular weight is 195 g/mol. The van der Waals surface area contributed by atoms with Crippen LogP contribution in [0.3, 0.4) is 0 Å². The lowest BCUT2D eigenvalue weighted by Gasteiger charge is -2.37. The molecule has 1 aliphatic carbocycles. The second kappa shape index (κ2) is 3.24. The largest absolute Gasteiger partial charge is 0.388 e. The van der Waals surface area contributed by atoms with Gasteiger partial charge in [0.05, 0.1) is 17.1 Å². The van der Waals surface area contributed by atoms with E-state index < -0.39 is 11.0 Å². The molecule has 1 fully saturated rings. The van der Waals surface area contributed by atoms with Crippen LogP contribution in [0, 0.1) is 22.2 Å². The number of nitrogens with zero attached hydrogens (tertiary/aromatic N) is 1. The van der Waals surface area contributed by atoms with Gasteiger partial charge in [-0.25, -0.2) is 0 Å². The zero-order chi connectivity index (χ0) is 11.0. The van der Waals surface area contributed by atoms with Crippen molar-refractivity contribution in [1.82, 2.24) is 0 Å². The van der Waals surface area contributed by atoms with Gasteiger partial charge in [-0.1, -0.05) is 20.8 Å². The second-order valence-corrected chi connectivity index (χ2v) is 5.67.